The number of anilines is 1. The van der Waals surface area contributed by atoms with Gasteiger partial charge in [0, 0.05) is 19.0 Å². The Morgan fingerprint density at radius 2 is 1.97 bits per heavy atom. The van der Waals surface area contributed by atoms with Crippen molar-refractivity contribution < 1.29 is 19.1 Å². The van der Waals surface area contributed by atoms with E-state index in [1.165, 1.54) is 19.4 Å². The molecule has 3 aromatic rings. The van der Waals surface area contributed by atoms with E-state index in [-0.39, 0.29) is 29.1 Å². The molecule has 10 nitrogen and oxygen atoms in total. The van der Waals surface area contributed by atoms with Gasteiger partial charge in [-0.1, -0.05) is 13.0 Å². The third-order valence-electron chi connectivity index (χ3n) is 7.39. The lowest BCUT2D eigenvalue weighted by molar-refractivity contribution is -0.146. The van der Waals surface area contributed by atoms with Crippen LogP contribution in [-0.4, -0.2) is 71.3 Å². The van der Waals surface area contributed by atoms with Gasteiger partial charge in [-0.3, -0.25) is 14.4 Å². The topological polar surface area (TPSA) is 131 Å². The fourth-order valence-electron chi connectivity index (χ4n) is 5.38. The van der Waals surface area contributed by atoms with Gasteiger partial charge in [-0.2, -0.15) is 0 Å². The van der Waals surface area contributed by atoms with Gasteiger partial charge in [-0.05, 0) is 62.5 Å². The number of fused-ring (bicyclic) bond motifs is 1. The lowest BCUT2D eigenvalue weighted by Gasteiger charge is -2.38. The summed E-state index contributed by atoms with van der Waals surface area (Å²) in [4.78, 5) is 51.1. The molecule has 1 aromatic carbocycles. The van der Waals surface area contributed by atoms with Crippen molar-refractivity contribution in [3.05, 3.63) is 46.6 Å². The minimum absolute atomic E-state index is 0.0161. The quantitative estimate of drug-likeness (QED) is 0.479. The number of ether oxygens (including phenoxy) is 1. The zero-order valence-electron chi connectivity index (χ0n) is 21.8. The number of likely N-dealkylation sites (tertiary alicyclic amines) is 2. The molecule has 200 valence electrons. The standard InChI is InChI=1S/C27H32N6O4S/c1-15-4-6-21(16-5-7-22-20(10-16)31-26(38-22)17-8-9-32(2)14-17)33(13-15)27(36)24(35)30-18-11-19(23(28)34)25(37-3)29-12-18/h5,7,10-12,15,17,21H,4,6,8-9,13-14H2,1-3H3,(H2,28,34)(H,30,35). The molecule has 5 rings (SSSR count). The first-order valence-electron chi connectivity index (χ1n) is 12.8. The molecule has 2 aliphatic heterocycles. The molecule has 2 aromatic heterocycles. The molecule has 11 heteroatoms. The number of carbonyl (C=O) groups excluding carboxylic acids is 3. The van der Waals surface area contributed by atoms with Crippen molar-refractivity contribution in [3.8, 4) is 5.88 Å². The van der Waals surface area contributed by atoms with Gasteiger partial charge in [-0.25, -0.2) is 9.97 Å². The second kappa shape index (κ2) is 10.7. The molecule has 0 aliphatic carbocycles. The Morgan fingerprint density at radius 1 is 1.16 bits per heavy atom. The molecule has 3 unspecified atom stereocenters. The maximum atomic E-state index is 13.4. The normalized spacial score (nSPS) is 22.0. The fourth-order valence-corrected chi connectivity index (χ4v) is 6.45. The summed E-state index contributed by atoms with van der Waals surface area (Å²) in [5.41, 5.74) is 7.52. The smallest absolute Gasteiger partial charge is 0.313 e. The molecule has 0 radical (unpaired) electrons. The Hall–Kier alpha value is -3.57. The second-order valence-corrected chi connectivity index (χ2v) is 11.3. The number of piperidine rings is 1. The van der Waals surface area contributed by atoms with E-state index in [2.05, 4.69) is 47.4 Å². The molecule has 38 heavy (non-hydrogen) atoms. The van der Waals surface area contributed by atoms with Gasteiger partial charge in [-0.15, -0.1) is 11.3 Å². The average Bonchev–Trinajstić information content (AvgIpc) is 3.53. The zero-order valence-corrected chi connectivity index (χ0v) is 22.6. The summed E-state index contributed by atoms with van der Waals surface area (Å²) in [6, 6.07) is 7.33. The van der Waals surface area contributed by atoms with Crippen molar-refractivity contribution >= 4 is 45.0 Å². The van der Waals surface area contributed by atoms with Crippen LogP contribution in [0.25, 0.3) is 10.2 Å². The van der Waals surface area contributed by atoms with Gasteiger partial charge >= 0.3 is 11.8 Å². The summed E-state index contributed by atoms with van der Waals surface area (Å²) in [5.74, 6) is -1.41. The number of likely N-dealkylation sites (N-methyl/N-ethyl adjacent to an activating group) is 1. The highest BCUT2D eigenvalue weighted by Gasteiger charge is 2.35. The number of amides is 3. The number of nitrogens with two attached hydrogens (primary N) is 1. The van der Waals surface area contributed by atoms with Crippen molar-refractivity contribution in [3.63, 3.8) is 0 Å². The summed E-state index contributed by atoms with van der Waals surface area (Å²) in [5, 5.41) is 3.73. The Bertz CT molecular complexity index is 1390. The monoisotopic (exact) mass is 536 g/mol. The van der Waals surface area contributed by atoms with Crippen LogP contribution in [0, 0.1) is 5.92 Å². The van der Waals surface area contributed by atoms with E-state index in [9.17, 15) is 14.4 Å². The van der Waals surface area contributed by atoms with Crippen LogP contribution in [0.1, 0.15) is 59.1 Å². The largest absolute Gasteiger partial charge is 0.480 e. The van der Waals surface area contributed by atoms with E-state index >= 15 is 0 Å². The summed E-state index contributed by atoms with van der Waals surface area (Å²) in [6.07, 6.45) is 4.15. The Morgan fingerprint density at radius 3 is 2.68 bits per heavy atom. The summed E-state index contributed by atoms with van der Waals surface area (Å²) < 4.78 is 6.18. The van der Waals surface area contributed by atoms with E-state index in [0.29, 0.717) is 12.5 Å². The number of primary amides is 1. The van der Waals surface area contributed by atoms with Gasteiger partial charge in [0.05, 0.1) is 40.3 Å². The molecule has 2 aliphatic rings. The number of benzene rings is 1. The maximum Gasteiger partial charge on any atom is 0.313 e. The Labute approximate surface area is 225 Å². The third kappa shape index (κ3) is 5.21. The molecule has 0 spiro atoms. The van der Waals surface area contributed by atoms with Gasteiger partial charge < -0.3 is 25.6 Å². The molecule has 2 saturated heterocycles. The molecule has 3 atom stereocenters. The van der Waals surface area contributed by atoms with Crippen LogP contribution in [0.4, 0.5) is 5.69 Å². The highest BCUT2D eigenvalue weighted by atomic mass is 32.1. The number of aromatic nitrogens is 2. The van der Waals surface area contributed by atoms with Crippen LogP contribution in [-0.2, 0) is 9.59 Å². The molecule has 3 N–H and O–H groups in total. The van der Waals surface area contributed by atoms with Gasteiger partial charge in [0.2, 0.25) is 5.88 Å². The SMILES string of the molecule is COc1ncc(NC(=O)C(=O)N2CC(C)CCC2c2ccc3sc(C4CCN(C)C4)nc3c2)cc1C(N)=O. The number of nitrogens with zero attached hydrogens (tertiary/aromatic N) is 4. The van der Waals surface area contributed by atoms with Crippen molar-refractivity contribution in [2.45, 2.75) is 38.1 Å². The van der Waals surface area contributed by atoms with Gasteiger partial charge in [0.15, 0.2) is 0 Å². The molecule has 0 bridgehead atoms. The van der Waals surface area contributed by atoms with Crippen LogP contribution in [0.5, 0.6) is 5.88 Å². The lowest BCUT2D eigenvalue weighted by atomic mass is 9.89. The van der Waals surface area contributed by atoms with Crippen LogP contribution in [0.3, 0.4) is 0 Å². The molecule has 2 fully saturated rings. The minimum Gasteiger partial charge on any atom is -0.480 e. The molecule has 4 heterocycles. The van der Waals surface area contributed by atoms with E-state index in [1.54, 1.807) is 16.2 Å². The van der Waals surface area contributed by atoms with Crippen molar-refractivity contribution in [2.24, 2.45) is 11.7 Å². The predicted molar refractivity (Wildman–Crippen MR) is 145 cm³/mol. The number of methoxy groups -OCH3 is 1. The Balaban J connectivity index is 1.37. The average molecular weight is 537 g/mol. The first-order valence-corrected chi connectivity index (χ1v) is 13.6. The van der Waals surface area contributed by atoms with E-state index in [1.807, 2.05) is 0 Å². The van der Waals surface area contributed by atoms with Crippen LogP contribution >= 0.6 is 11.3 Å². The first kappa shape index (κ1) is 26.1. The maximum absolute atomic E-state index is 13.4. The van der Waals surface area contributed by atoms with Crippen molar-refractivity contribution in [1.29, 1.82) is 0 Å². The summed E-state index contributed by atoms with van der Waals surface area (Å²) in [6.45, 7) is 4.66. The van der Waals surface area contributed by atoms with Gasteiger partial charge in [0.25, 0.3) is 5.91 Å². The number of hydrogen-bond donors (Lipinski definition) is 2. The lowest BCUT2D eigenvalue weighted by Crippen LogP contribution is -2.46. The second-order valence-electron chi connectivity index (χ2n) is 10.3. The van der Waals surface area contributed by atoms with Crippen LogP contribution in [0.2, 0.25) is 0 Å². The number of carbonyl (C=O) groups is 3. The first-order chi connectivity index (χ1) is 18.2. The number of thiazole rings is 1. The minimum atomic E-state index is -0.797. The predicted octanol–water partition coefficient (Wildman–Crippen LogP) is 3.16. The number of nitrogens with one attached hydrogen (secondary N) is 1. The van der Waals surface area contributed by atoms with E-state index < -0.39 is 17.7 Å². The molecular weight excluding hydrogens is 504 g/mol. The fraction of sp³-hybridized carbons (Fsp3) is 0.444. The molecular formula is C27H32N6O4S. The van der Waals surface area contributed by atoms with Crippen LogP contribution < -0.4 is 15.8 Å². The van der Waals surface area contributed by atoms with Gasteiger partial charge in [0.1, 0.15) is 5.56 Å². The molecule has 0 saturated carbocycles. The van der Waals surface area contributed by atoms with Crippen LogP contribution in [0.15, 0.2) is 30.5 Å². The third-order valence-corrected chi connectivity index (χ3v) is 8.59. The highest BCUT2D eigenvalue weighted by molar-refractivity contribution is 7.18. The molecule has 3 amide bonds. The van der Waals surface area contributed by atoms with E-state index in [4.69, 9.17) is 15.5 Å². The number of rotatable bonds is 5. The zero-order chi connectivity index (χ0) is 27.0. The number of pyridine rings is 1. The number of hydrogen-bond acceptors (Lipinski definition) is 8. The summed E-state index contributed by atoms with van der Waals surface area (Å²) >= 11 is 1.74. The van der Waals surface area contributed by atoms with Crippen molar-refractivity contribution in [1.82, 2.24) is 19.8 Å². The Kier molecular flexibility index (Phi) is 7.31. The van der Waals surface area contributed by atoms with Crippen molar-refractivity contribution in [2.75, 3.05) is 39.1 Å². The summed E-state index contributed by atoms with van der Waals surface area (Å²) in [7, 11) is 3.50. The van der Waals surface area contributed by atoms with E-state index in [0.717, 1.165) is 53.1 Å². The highest BCUT2D eigenvalue weighted by Crippen LogP contribution is 2.37.